The minimum atomic E-state index is -3.49. The first-order valence-electron chi connectivity index (χ1n) is 6.06. The second-order valence-electron chi connectivity index (χ2n) is 5.20. The Hall–Kier alpha value is -0.980. The predicted molar refractivity (Wildman–Crippen MR) is 69.3 cm³/mol. The molecule has 0 aliphatic carbocycles. The van der Waals surface area contributed by atoms with Crippen LogP contribution in [0.4, 0.5) is 0 Å². The number of nitrogens with zero attached hydrogens (tertiary/aromatic N) is 2. The van der Waals surface area contributed by atoms with Crippen molar-refractivity contribution in [2.24, 2.45) is 5.73 Å². The van der Waals surface area contributed by atoms with Gasteiger partial charge in [-0.15, -0.1) is 0 Å². The van der Waals surface area contributed by atoms with Crippen molar-refractivity contribution < 1.29 is 8.42 Å². The van der Waals surface area contributed by atoms with E-state index in [1.807, 2.05) is 13.8 Å². The Morgan fingerprint density at radius 1 is 1.44 bits per heavy atom. The van der Waals surface area contributed by atoms with Gasteiger partial charge in [0.25, 0.3) is 10.0 Å². The van der Waals surface area contributed by atoms with E-state index in [0.29, 0.717) is 13.1 Å². The normalized spacial score (nSPS) is 20.2. The molecule has 2 N–H and O–H groups in total. The minimum Gasteiger partial charge on any atom is -0.326 e. The zero-order valence-electron chi connectivity index (χ0n) is 10.8. The molecule has 2 heterocycles. The number of aromatic nitrogens is 1. The molecule has 0 atom stereocenters. The van der Waals surface area contributed by atoms with Crippen LogP contribution in [0.2, 0.25) is 0 Å². The van der Waals surface area contributed by atoms with Crippen LogP contribution in [0.1, 0.15) is 32.3 Å². The molecule has 0 aromatic carbocycles. The number of pyridine rings is 1. The van der Waals surface area contributed by atoms with E-state index in [-0.39, 0.29) is 10.6 Å². The lowest BCUT2D eigenvalue weighted by atomic mass is 10.0. The molecule has 0 bridgehead atoms. The van der Waals surface area contributed by atoms with Crippen molar-refractivity contribution in [1.82, 2.24) is 9.29 Å². The highest BCUT2D eigenvalue weighted by Crippen LogP contribution is 2.33. The van der Waals surface area contributed by atoms with Crippen LogP contribution in [0.3, 0.4) is 0 Å². The number of sulfonamides is 1. The number of nitrogens with two attached hydrogens (primary N) is 1. The molecule has 1 aromatic heterocycles. The predicted octanol–water partition coefficient (Wildman–Crippen LogP) is 1.10. The fourth-order valence-corrected chi connectivity index (χ4v) is 4.09. The summed E-state index contributed by atoms with van der Waals surface area (Å²) in [6, 6.07) is 3.24. The van der Waals surface area contributed by atoms with Gasteiger partial charge < -0.3 is 5.73 Å². The van der Waals surface area contributed by atoms with Gasteiger partial charge in [-0.3, -0.25) is 0 Å². The van der Waals surface area contributed by atoms with Crippen molar-refractivity contribution in [1.29, 1.82) is 0 Å². The van der Waals surface area contributed by atoms with Crippen molar-refractivity contribution in [3.05, 3.63) is 23.9 Å². The third kappa shape index (κ3) is 2.28. The molecule has 0 amide bonds. The lowest BCUT2D eigenvalue weighted by molar-refractivity contribution is 0.291. The summed E-state index contributed by atoms with van der Waals surface area (Å²) in [5.41, 5.74) is 5.98. The maximum absolute atomic E-state index is 12.5. The summed E-state index contributed by atoms with van der Waals surface area (Å²) >= 11 is 0. The van der Waals surface area contributed by atoms with Gasteiger partial charge in [-0.1, -0.05) is 6.07 Å². The van der Waals surface area contributed by atoms with Crippen LogP contribution in [-0.2, 0) is 16.6 Å². The van der Waals surface area contributed by atoms with Crippen LogP contribution in [0.15, 0.2) is 23.4 Å². The zero-order valence-corrected chi connectivity index (χ0v) is 11.6. The molecule has 5 nitrogen and oxygen atoms in total. The Bertz CT molecular complexity index is 523. The zero-order chi connectivity index (χ0) is 13.4. The monoisotopic (exact) mass is 269 g/mol. The number of hydrogen-bond donors (Lipinski definition) is 1. The fraction of sp³-hybridized carbons (Fsp3) is 0.583. The molecule has 18 heavy (non-hydrogen) atoms. The number of hydrogen-bond acceptors (Lipinski definition) is 4. The molecule has 0 radical (unpaired) electrons. The summed E-state index contributed by atoms with van der Waals surface area (Å²) in [6.45, 7) is 4.83. The van der Waals surface area contributed by atoms with E-state index in [2.05, 4.69) is 4.98 Å². The standard InChI is InChI=1S/C12H19N3O2S/c1-12(2)6-3-7-15(12)18(16,17)11-5-4-10(8-13)9-14-11/h4-5,9H,3,6-8,13H2,1-2H3. The summed E-state index contributed by atoms with van der Waals surface area (Å²) in [7, 11) is -3.49. The molecular formula is C12H19N3O2S. The van der Waals surface area contributed by atoms with E-state index in [0.717, 1.165) is 18.4 Å². The lowest BCUT2D eigenvalue weighted by Crippen LogP contribution is -2.42. The van der Waals surface area contributed by atoms with Gasteiger partial charge in [0, 0.05) is 24.8 Å². The fourth-order valence-electron chi connectivity index (χ4n) is 2.33. The van der Waals surface area contributed by atoms with E-state index in [9.17, 15) is 8.42 Å². The van der Waals surface area contributed by atoms with Gasteiger partial charge in [-0.2, -0.15) is 4.31 Å². The lowest BCUT2D eigenvalue weighted by Gasteiger charge is -2.30. The Kier molecular flexibility index (Phi) is 3.44. The molecule has 1 aromatic rings. The van der Waals surface area contributed by atoms with Gasteiger partial charge in [0.15, 0.2) is 5.03 Å². The van der Waals surface area contributed by atoms with Crippen LogP contribution in [0, 0.1) is 0 Å². The molecule has 1 fully saturated rings. The first-order chi connectivity index (χ1) is 8.38. The van der Waals surface area contributed by atoms with Gasteiger partial charge in [0.2, 0.25) is 0 Å². The molecule has 1 aliphatic heterocycles. The third-order valence-corrected chi connectivity index (χ3v) is 5.44. The molecule has 6 heteroatoms. The van der Waals surface area contributed by atoms with Crippen molar-refractivity contribution in [3.8, 4) is 0 Å². The smallest absolute Gasteiger partial charge is 0.261 e. The van der Waals surface area contributed by atoms with Crippen LogP contribution in [0.25, 0.3) is 0 Å². The second kappa shape index (κ2) is 4.60. The highest BCUT2D eigenvalue weighted by Gasteiger charge is 2.41. The van der Waals surface area contributed by atoms with E-state index < -0.39 is 10.0 Å². The summed E-state index contributed by atoms with van der Waals surface area (Å²) < 4.78 is 26.5. The molecule has 0 unspecified atom stereocenters. The van der Waals surface area contributed by atoms with Gasteiger partial charge in [0.05, 0.1) is 0 Å². The Morgan fingerprint density at radius 3 is 2.61 bits per heavy atom. The van der Waals surface area contributed by atoms with E-state index in [4.69, 9.17) is 5.73 Å². The Morgan fingerprint density at radius 2 is 2.17 bits per heavy atom. The van der Waals surface area contributed by atoms with Gasteiger partial charge >= 0.3 is 0 Å². The topological polar surface area (TPSA) is 76.3 Å². The van der Waals surface area contributed by atoms with Crippen molar-refractivity contribution in [3.63, 3.8) is 0 Å². The van der Waals surface area contributed by atoms with Gasteiger partial charge in [-0.05, 0) is 38.3 Å². The summed E-state index contributed by atoms with van der Waals surface area (Å²) in [5.74, 6) is 0. The number of rotatable bonds is 3. The van der Waals surface area contributed by atoms with Crippen molar-refractivity contribution in [2.45, 2.75) is 43.8 Å². The molecule has 0 saturated carbocycles. The third-order valence-electron chi connectivity index (χ3n) is 3.41. The average molecular weight is 269 g/mol. The van der Waals surface area contributed by atoms with Crippen molar-refractivity contribution in [2.75, 3.05) is 6.54 Å². The molecule has 1 aliphatic rings. The second-order valence-corrected chi connectivity index (χ2v) is 7.01. The van der Waals surface area contributed by atoms with E-state index >= 15 is 0 Å². The molecule has 1 saturated heterocycles. The summed E-state index contributed by atoms with van der Waals surface area (Å²) in [5, 5.41) is 0.106. The van der Waals surface area contributed by atoms with Crippen LogP contribution in [-0.4, -0.2) is 29.8 Å². The maximum atomic E-state index is 12.5. The van der Waals surface area contributed by atoms with Crippen molar-refractivity contribution >= 4 is 10.0 Å². The first-order valence-corrected chi connectivity index (χ1v) is 7.50. The summed E-state index contributed by atoms with van der Waals surface area (Å²) in [4.78, 5) is 4.02. The molecule has 0 spiro atoms. The summed E-state index contributed by atoms with van der Waals surface area (Å²) in [6.07, 6.45) is 3.30. The Labute approximate surface area is 108 Å². The highest BCUT2D eigenvalue weighted by atomic mass is 32.2. The van der Waals surface area contributed by atoms with Crippen LogP contribution >= 0.6 is 0 Å². The maximum Gasteiger partial charge on any atom is 0.261 e. The minimum absolute atomic E-state index is 0.106. The first kappa shape index (κ1) is 13.5. The van der Waals surface area contributed by atoms with E-state index in [1.54, 1.807) is 10.4 Å². The quantitative estimate of drug-likeness (QED) is 0.891. The van der Waals surface area contributed by atoms with Crippen LogP contribution < -0.4 is 5.73 Å². The molecular weight excluding hydrogens is 250 g/mol. The average Bonchev–Trinajstić information content (AvgIpc) is 2.69. The Balaban J connectivity index is 2.36. The van der Waals surface area contributed by atoms with Gasteiger partial charge in [0.1, 0.15) is 0 Å². The highest BCUT2D eigenvalue weighted by molar-refractivity contribution is 7.89. The van der Waals surface area contributed by atoms with E-state index in [1.165, 1.54) is 12.3 Å². The molecule has 2 rings (SSSR count). The van der Waals surface area contributed by atoms with Crippen LogP contribution in [0.5, 0.6) is 0 Å². The molecule has 100 valence electrons. The van der Waals surface area contributed by atoms with Gasteiger partial charge in [-0.25, -0.2) is 13.4 Å². The SMILES string of the molecule is CC1(C)CCCN1S(=O)(=O)c1ccc(CN)cn1. The largest absolute Gasteiger partial charge is 0.326 e.